The Morgan fingerprint density at radius 3 is 2.70 bits per heavy atom. The Morgan fingerprint density at radius 2 is 1.90 bits per heavy atom. The minimum absolute atomic E-state index is 0.981. The first-order valence-electron chi connectivity index (χ1n) is 10.9. The van der Waals surface area contributed by atoms with Crippen LogP contribution >= 0.6 is 0 Å². The van der Waals surface area contributed by atoms with Crippen LogP contribution in [0.2, 0.25) is 19.6 Å². The summed E-state index contributed by atoms with van der Waals surface area (Å²) in [7, 11) is 0.612. The van der Waals surface area contributed by atoms with Gasteiger partial charge >= 0.3 is 0 Å². The third-order valence-electron chi connectivity index (χ3n) is 6.96. The topological polar surface area (TPSA) is 26.0 Å². The van der Waals surface area contributed by atoms with Gasteiger partial charge in [0.15, 0.2) is 11.2 Å². The van der Waals surface area contributed by atoms with Gasteiger partial charge in [0.05, 0.1) is 20.7 Å². The van der Waals surface area contributed by atoms with E-state index in [-0.39, 0.29) is 0 Å². The summed E-state index contributed by atoms with van der Waals surface area (Å²) in [6.07, 6.45) is 5.39. The average Bonchev–Trinajstić information content (AvgIpc) is 2.72. The molecule has 0 radical (unpaired) electrons. The van der Waals surface area contributed by atoms with Gasteiger partial charge in [-0.1, -0.05) is 43.0 Å². The second kappa shape index (κ2) is 5.91. The van der Waals surface area contributed by atoms with Gasteiger partial charge in [0.2, 0.25) is 0 Å². The minimum Gasteiger partial charge on any atom is -0.455 e. The number of fused-ring (bicyclic) bond motifs is 3. The molecule has 0 spiro atoms. The van der Waals surface area contributed by atoms with Crippen molar-refractivity contribution < 1.29 is 9.30 Å². The third-order valence-corrected chi connectivity index (χ3v) is 8.98. The lowest BCUT2D eigenvalue weighted by Gasteiger charge is -2.29. The summed E-state index contributed by atoms with van der Waals surface area (Å²) in [5.74, 6) is 2.06. The maximum Gasteiger partial charge on any atom is 0.287 e. The molecule has 3 aromatic carbocycles. The molecule has 4 aromatic rings. The number of hydrogen-bond donors (Lipinski definition) is 0. The molecule has 1 aliphatic carbocycles. The summed E-state index contributed by atoms with van der Waals surface area (Å²) < 4.78 is 8.99. The molecule has 30 heavy (non-hydrogen) atoms. The fourth-order valence-electron chi connectivity index (χ4n) is 5.39. The molecule has 6 rings (SSSR count). The second-order valence-electron chi connectivity index (χ2n) is 9.93. The standard InChI is InChI=1S/C26H27N2OSi/c1-15-18-10-6-8-16-9-7-11-19(23(16)18)26-22(15)25-24-20(27-14-28(25)2)12-17(30(3,4)5)13-21(24)29-26/h6,8,10,12-14H,7,9,11H2,1-5H3/q+1. The summed E-state index contributed by atoms with van der Waals surface area (Å²) in [6, 6.07) is 11.4. The predicted molar refractivity (Wildman–Crippen MR) is 126 cm³/mol. The Balaban J connectivity index is 1.80. The van der Waals surface area contributed by atoms with Gasteiger partial charge in [0.1, 0.15) is 16.9 Å². The van der Waals surface area contributed by atoms with E-state index in [2.05, 4.69) is 68.5 Å². The SMILES string of the molecule is Cc1c2c(c3c4c(cccc14)CCC3)Oc1cc([Si](C)(C)C)cc3nc[n+](C)c-2c13. The van der Waals surface area contributed by atoms with Crippen LogP contribution in [0.3, 0.4) is 0 Å². The maximum absolute atomic E-state index is 6.81. The van der Waals surface area contributed by atoms with Crippen molar-refractivity contribution in [3.05, 3.63) is 53.3 Å². The van der Waals surface area contributed by atoms with Crippen LogP contribution in [0.5, 0.6) is 11.5 Å². The number of rotatable bonds is 1. The van der Waals surface area contributed by atoms with E-state index in [1.807, 2.05) is 6.33 Å². The van der Waals surface area contributed by atoms with E-state index in [0.29, 0.717) is 0 Å². The zero-order valence-corrected chi connectivity index (χ0v) is 19.4. The van der Waals surface area contributed by atoms with Crippen molar-refractivity contribution >= 4 is 34.9 Å². The van der Waals surface area contributed by atoms with Crippen molar-refractivity contribution in [1.29, 1.82) is 0 Å². The Bertz CT molecular complexity index is 1400. The summed E-state index contributed by atoms with van der Waals surface area (Å²) in [5.41, 5.74) is 7.71. The van der Waals surface area contributed by atoms with E-state index < -0.39 is 8.07 Å². The summed E-state index contributed by atoms with van der Waals surface area (Å²) in [6.45, 7) is 9.41. The van der Waals surface area contributed by atoms with Gasteiger partial charge in [-0.15, -0.1) is 0 Å². The van der Waals surface area contributed by atoms with E-state index >= 15 is 0 Å². The molecule has 150 valence electrons. The van der Waals surface area contributed by atoms with Gasteiger partial charge in [0.25, 0.3) is 6.33 Å². The molecule has 0 saturated heterocycles. The van der Waals surface area contributed by atoms with Crippen molar-refractivity contribution in [3.63, 3.8) is 0 Å². The number of ether oxygens (including phenoxy) is 1. The fourth-order valence-corrected chi connectivity index (χ4v) is 6.52. The number of aryl methyl sites for hydroxylation is 4. The van der Waals surface area contributed by atoms with E-state index in [9.17, 15) is 0 Å². The number of aromatic nitrogens is 2. The van der Waals surface area contributed by atoms with Crippen LogP contribution in [0.4, 0.5) is 0 Å². The smallest absolute Gasteiger partial charge is 0.287 e. The van der Waals surface area contributed by atoms with Gasteiger partial charge in [-0.25, -0.2) is 4.57 Å². The van der Waals surface area contributed by atoms with E-state index in [4.69, 9.17) is 9.72 Å². The van der Waals surface area contributed by atoms with Crippen LogP contribution in [0.25, 0.3) is 32.9 Å². The molecule has 2 heterocycles. The lowest BCUT2D eigenvalue weighted by atomic mass is 9.82. The first kappa shape index (κ1) is 18.1. The molecule has 1 aliphatic heterocycles. The summed E-state index contributed by atoms with van der Waals surface area (Å²) in [5, 5.41) is 5.35. The molecule has 0 fully saturated rings. The van der Waals surface area contributed by atoms with Gasteiger partial charge in [-0.3, -0.25) is 0 Å². The van der Waals surface area contributed by atoms with Crippen molar-refractivity contribution in [2.75, 3.05) is 0 Å². The minimum atomic E-state index is -1.50. The van der Waals surface area contributed by atoms with E-state index in [0.717, 1.165) is 35.2 Å². The average molecular weight is 412 g/mol. The number of hydrogen-bond acceptors (Lipinski definition) is 2. The normalized spacial score (nSPS) is 14.7. The quantitative estimate of drug-likeness (QED) is 0.275. The predicted octanol–water partition coefficient (Wildman–Crippen LogP) is 5.33. The Kier molecular flexibility index (Phi) is 3.56. The first-order valence-corrected chi connectivity index (χ1v) is 14.4. The molecule has 0 saturated carbocycles. The largest absolute Gasteiger partial charge is 0.455 e. The summed E-state index contributed by atoms with van der Waals surface area (Å²) in [4.78, 5) is 4.80. The van der Waals surface area contributed by atoms with Crippen LogP contribution in [-0.2, 0) is 19.9 Å². The molecule has 0 atom stereocenters. The molecule has 3 nitrogen and oxygen atoms in total. The Labute approximate surface area is 178 Å². The van der Waals surface area contributed by atoms with Crippen molar-refractivity contribution in [3.8, 4) is 22.8 Å². The van der Waals surface area contributed by atoms with Gasteiger partial charge < -0.3 is 4.74 Å². The Morgan fingerprint density at radius 1 is 1.07 bits per heavy atom. The van der Waals surface area contributed by atoms with Crippen molar-refractivity contribution in [2.24, 2.45) is 7.05 Å². The van der Waals surface area contributed by atoms with Crippen LogP contribution in [0.15, 0.2) is 36.7 Å². The maximum atomic E-state index is 6.81. The van der Waals surface area contributed by atoms with Gasteiger partial charge in [0, 0.05) is 5.56 Å². The van der Waals surface area contributed by atoms with Crippen LogP contribution < -0.4 is 14.5 Å². The zero-order chi connectivity index (χ0) is 20.8. The van der Waals surface area contributed by atoms with E-state index in [1.54, 1.807) is 0 Å². The van der Waals surface area contributed by atoms with Gasteiger partial charge in [-0.2, -0.15) is 0 Å². The van der Waals surface area contributed by atoms with Crippen molar-refractivity contribution in [1.82, 2.24) is 4.98 Å². The first-order chi connectivity index (χ1) is 14.3. The lowest BCUT2D eigenvalue weighted by Crippen LogP contribution is -2.38. The lowest BCUT2D eigenvalue weighted by molar-refractivity contribution is -0.662. The third kappa shape index (κ3) is 2.31. The summed E-state index contributed by atoms with van der Waals surface area (Å²) >= 11 is 0. The molecule has 2 aliphatic rings. The molecule has 0 bridgehead atoms. The monoisotopic (exact) mass is 411 g/mol. The van der Waals surface area contributed by atoms with E-state index in [1.165, 1.54) is 50.3 Å². The highest BCUT2D eigenvalue weighted by atomic mass is 28.3. The highest BCUT2D eigenvalue weighted by Crippen LogP contribution is 2.51. The molecular weight excluding hydrogens is 384 g/mol. The molecule has 0 unspecified atom stereocenters. The van der Waals surface area contributed by atoms with Gasteiger partial charge in [-0.05, 0) is 65.2 Å². The Hall–Kier alpha value is -2.72. The molecule has 4 heteroatoms. The van der Waals surface area contributed by atoms with Crippen molar-refractivity contribution in [2.45, 2.75) is 45.8 Å². The van der Waals surface area contributed by atoms with Crippen LogP contribution in [0.1, 0.15) is 23.1 Å². The highest BCUT2D eigenvalue weighted by molar-refractivity contribution is 6.88. The second-order valence-corrected chi connectivity index (χ2v) is 15.0. The molecule has 1 aromatic heterocycles. The van der Waals surface area contributed by atoms with Crippen LogP contribution in [0, 0.1) is 6.92 Å². The number of nitrogens with zero attached hydrogens (tertiary/aromatic N) is 2. The molecular formula is C26H27N2OSi+. The molecule has 0 N–H and O–H groups in total. The highest BCUT2D eigenvalue weighted by Gasteiger charge is 2.34. The fraction of sp³-hybridized carbons (Fsp3) is 0.308. The van der Waals surface area contributed by atoms with Crippen LogP contribution in [-0.4, -0.2) is 13.1 Å². The number of benzene rings is 3. The molecule has 0 amide bonds. The zero-order valence-electron chi connectivity index (χ0n) is 18.4.